The molecule has 0 N–H and O–H groups in total. The molecule has 0 heterocycles. The van der Waals surface area contributed by atoms with Crippen LogP contribution in [0.5, 0.6) is 0 Å². The van der Waals surface area contributed by atoms with Gasteiger partial charge in [0, 0.05) is 0 Å². The summed E-state index contributed by atoms with van der Waals surface area (Å²) < 4.78 is 0. The van der Waals surface area contributed by atoms with E-state index in [9.17, 15) is 4.79 Å². The van der Waals surface area contributed by atoms with Crippen molar-refractivity contribution in [2.24, 2.45) is 4.99 Å². The van der Waals surface area contributed by atoms with Crippen molar-refractivity contribution in [2.45, 2.75) is 26.8 Å². The van der Waals surface area contributed by atoms with Gasteiger partial charge < -0.3 is 0 Å². The molecule has 0 spiro atoms. The molecule has 0 aromatic heterocycles. The summed E-state index contributed by atoms with van der Waals surface area (Å²) >= 11 is 0. The van der Waals surface area contributed by atoms with Gasteiger partial charge in [-0.1, -0.05) is 31.7 Å². The number of isocyanates is 1. The first-order valence-corrected chi connectivity index (χ1v) is 5.02. The van der Waals surface area contributed by atoms with Gasteiger partial charge in [-0.05, 0) is 35.6 Å². The van der Waals surface area contributed by atoms with Crippen molar-refractivity contribution in [2.75, 3.05) is 0 Å². The van der Waals surface area contributed by atoms with E-state index in [0.717, 1.165) is 17.5 Å². The molecule has 1 aromatic carbocycles. The summed E-state index contributed by atoms with van der Waals surface area (Å²) in [5.74, 6) is 0. The van der Waals surface area contributed by atoms with E-state index < -0.39 is 0 Å². The van der Waals surface area contributed by atoms with Crippen molar-refractivity contribution < 1.29 is 4.79 Å². The highest BCUT2D eigenvalue weighted by atomic mass is 16.1. The van der Waals surface area contributed by atoms with Crippen LogP contribution in [-0.4, -0.2) is 6.08 Å². The summed E-state index contributed by atoms with van der Waals surface area (Å²) in [6.45, 7) is 8.38. The van der Waals surface area contributed by atoms with Crippen molar-refractivity contribution in [1.82, 2.24) is 0 Å². The highest BCUT2D eigenvalue weighted by Gasteiger charge is 2.05. The average molecular weight is 201 g/mol. The van der Waals surface area contributed by atoms with Gasteiger partial charge in [-0.3, -0.25) is 0 Å². The molecule has 0 saturated carbocycles. The van der Waals surface area contributed by atoms with Crippen molar-refractivity contribution in [3.63, 3.8) is 0 Å². The molecule has 1 rings (SSSR count). The van der Waals surface area contributed by atoms with Crippen LogP contribution in [0, 0.1) is 6.92 Å². The number of hydrogen-bond acceptors (Lipinski definition) is 2. The third kappa shape index (κ3) is 2.42. The summed E-state index contributed by atoms with van der Waals surface area (Å²) in [5, 5.41) is 0. The lowest BCUT2D eigenvalue weighted by Crippen LogP contribution is -1.95. The van der Waals surface area contributed by atoms with Gasteiger partial charge in [0.1, 0.15) is 0 Å². The summed E-state index contributed by atoms with van der Waals surface area (Å²) in [6.07, 6.45) is 4.38. The Morgan fingerprint density at radius 2 is 2.13 bits per heavy atom. The minimum atomic E-state index is 0.385. The van der Waals surface area contributed by atoms with Gasteiger partial charge in [0.2, 0.25) is 6.08 Å². The maximum absolute atomic E-state index is 10.1. The van der Waals surface area contributed by atoms with Gasteiger partial charge in [-0.25, -0.2) is 9.79 Å². The SMILES string of the molecule is C=Cc1c(CN=C=O)ccc(CC)c1C. The topological polar surface area (TPSA) is 29.4 Å². The minimum absolute atomic E-state index is 0.385. The smallest absolute Gasteiger partial charge is 0.211 e. The van der Waals surface area contributed by atoms with Crippen LogP contribution in [0.3, 0.4) is 0 Å². The highest BCUT2D eigenvalue weighted by molar-refractivity contribution is 5.58. The molecule has 1 aromatic rings. The fourth-order valence-corrected chi connectivity index (χ4v) is 1.75. The minimum Gasteiger partial charge on any atom is -0.211 e. The van der Waals surface area contributed by atoms with E-state index in [1.165, 1.54) is 11.1 Å². The van der Waals surface area contributed by atoms with Crippen LogP contribution in [0.2, 0.25) is 0 Å². The Bertz CT molecular complexity index is 415. The Kier molecular flexibility index (Phi) is 4.02. The summed E-state index contributed by atoms with van der Waals surface area (Å²) in [6, 6.07) is 4.08. The zero-order chi connectivity index (χ0) is 11.3. The van der Waals surface area contributed by atoms with Gasteiger partial charge in [0.15, 0.2) is 0 Å². The molecule has 0 bridgehead atoms. The average Bonchev–Trinajstić information content (AvgIpc) is 2.26. The highest BCUT2D eigenvalue weighted by Crippen LogP contribution is 2.21. The molecule has 0 aliphatic rings. The van der Waals surface area contributed by atoms with Crippen LogP contribution < -0.4 is 0 Å². The first-order chi connectivity index (χ1) is 7.24. The molecule has 0 saturated heterocycles. The van der Waals surface area contributed by atoms with Crippen molar-refractivity contribution in [3.05, 3.63) is 41.0 Å². The van der Waals surface area contributed by atoms with Crippen LogP contribution in [-0.2, 0) is 17.8 Å². The number of aliphatic imine (C=N–C) groups is 1. The van der Waals surface area contributed by atoms with Crippen LogP contribution >= 0.6 is 0 Å². The molecule has 78 valence electrons. The molecule has 0 radical (unpaired) electrons. The van der Waals surface area contributed by atoms with E-state index in [-0.39, 0.29) is 0 Å². The molecule has 2 heteroatoms. The van der Waals surface area contributed by atoms with Gasteiger partial charge in [-0.15, -0.1) is 0 Å². The predicted octanol–water partition coefficient (Wildman–Crippen LogP) is 3.04. The molecule has 15 heavy (non-hydrogen) atoms. The van der Waals surface area contributed by atoms with E-state index >= 15 is 0 Å². The second-order valence-corrected chi connectivity index (χ2v) is 3.39. The van der Waals surface area contributed by atoms with Crippen LogP contribution in [0.1, 0.15) is 29.2 Å². The number of benzene rings is 1. The van der Waals surface area contributed by atoms with E-state index in [0.29, 0.717) is 6.54 Å². The lowest BCUT2D eigenvalue weighted by atomic mass is 9.95. The Morgan fingerprint density at radius 1 is 1.47 bits per heavy atom. The molecular weight excluding hydrogens is 186 g/mol. The molecular formula is C13H15NO. The quantitative estimate of drug-likeness (QED) is 0.544. The fourth-order valence-electron chi connectivity index (χ4n) is 1.75. The Morgan fingerprint density at radius 3 is 2.67 bits per heavy atom. The van der Waals surface area contributed by atoms with E-state index in [2.05, 4.69) is 31.5 Å². The zero-order valence-corrected chi connectivity index (χ0v) is 9.21. The second-order valence-electron chi connectivity index (χ2n) is 3.39. The van der Waals surface area contributed by atoms with E-state index in [1.54, 1.807) is 6.08 Å². The van der Waals surface area contributed by atoms with Gasteiger partial charge in [-0.2, -0.15) is 0 Å². The van der Waals surface area contributed by atoms with Crippen molar-refractivity contribution in [3.8, 4) is 0 Å². The Labute approximate surface area is 90.4 Å². The maximum Gasteiger partial charge on any atom is 0.235 e. The Hall–Kier alpha value is -1.66. The largest absolute Gasteiger partial charge is 0.235 e. The molecule has 2 nitrogen and oxygen atoms in total. The van der Waals surface area contributed by atoms with Gasteiger partial charge >= 0.3 is 0 Å². The van der Waals surface area contributed by atoms with Gasteiger partial charge in [0.05, 0.1) is 6.54 Å². The molecule has 0 aliphatic carbocycles. The maximum atomic E-state index is 10.1. The standard InChI is InChI=1S/C13H15NO/c1-4-11-6-7-12(8-14-9-15)13(5-2)10(11)3/h5-7H,2,4,8H2,1,3H3. The van der Waals surface area contributed by atoms with Crippen LogP contribution in [0.25, 0.3) is 6.08 Å². The summed E-state index contributed by atoms with van der Waals surface area (Å²) in [7, 11) is 0. The predicted molar refractivity (Wildman–Crippen MR) is 62.5 cm³/mol. The van der Waals surface area contributed by atoms with E-state index in [4.69, 9.17) is 0 Å². The van der Waals surface area contributed by atoms with Gasteiger partial charge in [0.25, 0.3) is 0 Å². The summed E-state index contributed by atoms with van der Waals surface area (Å²) in [4.78, 5) is 13.7. The van der Waals surface area contributed by atoms with Crippen molar-refractivity contribution in [1.29, 1.82) is 0 Å². The third-order valence-corrected chi connectivity index (χ3v) is 2.62. The normalized spacial score (nSPS) is 9.47. The van der Waals surface area contributed by atoms with E-state index in [1.807, 2.05) is 12.1 Å². The molecule has 0 atom stereocenters. The fraction of sp³-hybridized carbons (Fsp3) is 0.308. The van der Waals surface area contributed by atoms with Crippen molar-refractivity contribution >= 4 is 12.2 Å². The first-order valence-electron chi connectivity index (χ1n) is 5.02. The molecule has 0 amide bonds. The number of aryl methyl sites for hydroxylation is 1. The third-order valence-electron chi connectivity index (χ3n) is 2.62. The number of rotatable bonds is 4. The molecule has 0 fully saturated rings. The zero-order valence-electron chi connectivity index (χ0n) is 9.21. The first kappa shape index (κ1) is 11.4. The Balaban J connectivity index is 3.23. The molecule has 0 unspecified atom stereocenters. The number of hydrogen-bond donors (Lipinski definition) is 0. The second kappa shape index (κ2) is 5.28. The number of carbonyl (C=O) groups excluding carboxylic acids is 1. The van der Waals surface area contributed by atoms with Crippen LogP contribution in [0.4, 0.5) is 0 Å². The molecule has 0 aliphatic heterocycles. The lowest BCUT2D eigenvalue weighted by Gasteiger charge is -2.10. The number of nitrogens with zero attached hydrogens (tertiary/aromatic N) is 1. The summed E-state index contributed by atoms with van der Waals surface area (Å²) in [5.41, 5.74) is 4.66. The lowest BCUT2D eigenvalue weighted by molar-refractivity contribution is 0.563. The van der Waals surface area contributed by atoms with Crippen LogP contribution in [0.15, 0.2) is 23.7 Å². The monoisotopic (exact) mass is 201 g/mol.